The Labute approximate surface area is 89.1 Å². The van der Waals surface area contributed by atoms with Crippen molar-refractivity contribution in [1.29, 1.82) is 0 Å². The fourth-order valence-corrected chi connectivity index (χ4v) is 1.77. The highest BCUT2D eigenvalue weighted by molar-refractivity contribution is 6.30. The minimum Gasteiger partial charge on any atom is -0.356 e. The van der Waals surface area contributed by atoms with E-state index in [0.29, 0.717) is 11.2 Å². The van der Waals surface area contributed by atoms with Crippen molar-refractivity contribution in [2.45, 2.75) is 32.7 Å². The highest BCUT2D eigenvalue weighted by atomic mass is 35.5. The summed E-state index contributed by atoms with van der Waals surface area (Å²) in [5.41, 5.74) is 0.978. The lowest BCUT2D eigenvalue weighted by Gasteiger charge is -2.20. The molecule has 0 amide bonds. The number of anilines is 1. The third-order valence-electron chi connectivity index (χ3n) is 2.60. The summed E-state index contributed by atoms with van der Waals surface area (Å²) in [5.74, 6) is 1.72. The molecule has 0 unspecified atom stereocenters. The van der Waals surface area contributed by atoms with Gasteiger partial charge in [0.05, 0.1) is 0 Å². The van der Waals surface area contributed by atoms with Gasteiger partial charge < -0.3 is 4.90 Å². The number of nitrogens with zero attached hydrogens (tertiary/aromatic N) is 3. The number of halogens is 1. The van der Waals surface area contributed by atoms with Crippen molar-refractivity contribution in [1.82, 2.24) is 9.97 Å². The molecule has 0 aromatic carbocycles. The molecule has 1 aliphatic rings. The zero-order valence-electron chi connectivity index (χ0n) is 8.71. The molecule has 0 N–H and O–H groups in total. The molecule has 3 nitrogen and oxygen atoms in total. The summed E-state index contributed by atoms with van der Waals surface area (Å²) < 4.78 is 0. The lowest BCUT2D eigenvalue weighted by atomic mass is 10.3. The second-order valence-electron chi connectivity index (χ2n) is 3.85. The van der Waals surface area contributed by atoms with E-state index in [0.717, 1.165) is 17.2 Å². The van der Waals surface area contributed by atoms with E-state index in [-0.39, 0.29) is 0 Å². The number of aromatic nitrogens is 2. The van der Waals surface area contributed by atoms with E-state index in [4.69, 9.17) is 11.6 Å². The van der Waals surface area contributed by atoms with Crippen LogP contribution in [0.3, 0.4) is 0 Å². The zero-order valence-corrected chi connectivity index (χ0v) is 9.47. The van der Waals surface area contributed by atoms with Gasteiger partial charge in [0.25, 0.3) is 0 Å². The van der Waals surface area contributed by atoms with E-state index < -0.39 is 0 Å². The fourth-order valence-electron chi connectivity index (χ4n) is 1.56. The lowest BCUT2D eigenvalue weighted by Crippen LogP contribution is -2.22. The Morgan fingerprint density at radius 1 is 1.29 bits per heavy atom. The van der Waals surface area contributed by atoms with Crippen molar-refractivity contribution in [3.05, 3.63) is 16.5 Å². The summed E-state index contributed by atoms with van der Waals surface area (Å²) in [6.07, 6.45) is 2.52. The van der Waals surface area contributed by atoms with Gasteiger partial charge in [-0.05, 0) is 26.7 Å². The zero-order chi connectivity index (χ0) is 10.3. The summed E-state index contributed by atoms with van der Waals surface area (Å²) >= 11 is 6.01. The first-order chi connectivity index (χ1) is 6.59. The second kappa shape index (κ2) is 3.39. The molecule has 1 aromatic heterocycles. The molecule has 1 saturated carbocycles. The van der Waals surface area contributed by atoms with Gasteiger partial charge in [-0.1, -0.05) is 11.6 Å². The van der Waals surface area contributed by atoms with Crippen molar-refractivity contribution >= 4 is 17.4 Å². The number of hydrogen-bond donors (Lipinski definition) is 0. The predicted octanol–water partition coefficient (Wildman–Crippen LogP) is 2.35. The molecule has 4 heteroatoms. The molecule has 1 aliphatic carbocycles. The van der Waals surface area contributed by atoms with Crippen molar-refractivity contribution in [2.24, 2.45) is 0 Å². The van der Waals surface area contributed by atoms with Crippen LogP contribution in [0, 0.1) is 13.8 Å². The molecule has 76 valence electrons. The van der Waals surface area contributed by atoms with Gasteiger partial charge in [0.2, 0.25) is 0 Å². The largest absolute Gasteiger partial charge is 0.356 e. The average molecular weight is 212 g/mol. The lowest BCUT2D eigenvalue weighted by molar-refractivity contribution is 0.865. The van der Waals surface area contributed by atoms with Crippen LogP contribution in [0.25, 0.3) is 0 Å². The number of rotatable bonds is 2. The van der Waals surface area contributed by atoms with Gasteiger partial charge in [-0.15, -0.1) is 0 Å². The van der Waals surface area contributed by atoms with Gasteiger partial charge >= 0.3 is 0 Å². The van der Waals surface area contributed by atoms with Crippen LogP contribution in [-0.4, -0.2) is 23.1 Å². The smallest absolute Gasteiger partial charge is 0.137 e. The summed E-state index contributed by atoms with van der Waals surface area (Å²) in [7, 11) is 2.07. The van der Waals surface area contributed by atoms with Crippen LogP contribution < -0.4 is 4.90 Å². The van der Waals surface area contributed by atoms with Crippen LogP contribution in [-0.2, 0) is 0 Å². The van der Waals surface area contributed by atoms with Crippen molar-refractivity contribution in [3.63, 3.8) is 0 Å². The summed E-state index contributed by atoms with van der Waals surface area (Å²) in [5, 5.41) is 0.569. The third-order valence-corrected chi connectivity index (χ3v) is 2.97. The van der Waals surface area contributed by atoms with Crippen LogP contribution in [0.15, 0.2) is 0 Å². The van der Waals surface area contributed by atoms with Crippen LogP contribution in [0.1, 0.15) is 24.2 Å². The van der Waals surface area contributed by atoms with Gasteiger partial charge in [-0.3, -0.25) is 0 Å². The first-order valence-electron chi connectivity index (χ1n) is 4.83. The van der Waals surface area contributed by atoms with Gasteiger partial charge in [-0.25, -0.2) is 9.97 Å². The van der Waals surface area contributed by atoms with Crippen LogP contribution in [0.2, 0.25) is 5.15 Å². The molecular formula is C10H14ClN3. The van der Waals surface area contributed by atoms with Gasteiger partial charge in [0.15, 0.2) is 0 Å². The topological polar surface area (TPSA) is 29.0 Å². The molecule has 0 radical (unpaired) electrons. The number of hydrogen-bond acceptors (Lipinski definition) is 3. The highest BCUT2D eigenvalue weighted by Gasteiger charge is 2.28. The normalized spacial score (nSPS) is 15.7. The Bertz CT molecular complexity index is 361. The number of aryl methyl sites for hydroxylation is 1. The van der Waals surface area contributed by atoms with Gasteiger partial charge in [0.1, 0.15) is 16.8 Å². The quantitative estimate of drug-likeness (QED) is 0.704. The molecule has 0 aliphatic heterocycles. The maximum atomic E-state index is 6.01. The first-order valence-corrected chi connectivity index (χ1v) is 5.21. The Balaban J connectivity index is 2.39. The molecule has 0 atom stereocenters. The molecule has 1 aromatic rings. The standard InChI is InChI=1S/C10H14ClN3/c1-6-9(11)12-7(2)13-10(6)14(3)8-4-5-8/h8H,4-5H2,1-3H3. The molecule has 0 bridgehead atoms. The molecule has 1 heterocycles. The van der Waals surface area contributed by atoms with E-state index >= 15 is 0 Å². The maximum Gasteiger partial charge on any atom is 0.137 e. The Hall–Kier alpha value is -0.830. The molecule has 0 saturated heterocycles. The van der Waals surface area contributed by atoms with Crippen LogP contribution in [0.5, 0.6) is 0 Å². The second-order valence-corrected chi connectivity index (χ2v) is 4.21. The Kier molecular flexibility index (Phi) is 2.35. The van der Waals surface area contributed by atoms with Gasteiger partial charge in [-0.2, -0.15) is 0 Å². The predicted molar refractivity (Wildman–Crippen MR) is 57.9 cm³/mol. The van der Waals surface area contributed by atoms with Crippen LogP contribution >= 0.6 is 11.6 Å². The van der Waals surface area contributed by atoms with E-state index in [1.807, 2.05) is 13.8 Å². The molecule has 1 fully saturated rings. The minimum absolute atomic E-state index is 0.569. The van der Waals surface area contributed by atoms with Crippen molar-refractivity contribution in [3.8, 4) is 0 Å². The Morgan fingerprint density at radius 2 is 1.93 bits per heavy atom. The average Bonchev–Trinajstić information content (AvgIpc) is 2.93. The summed E-state index contributed by atoms with van der Waals surface area (Å²) in [4.78, 5) is 10.8. The maximum absolute atomic E-state index is 6.01. The highest BCUT2D eigenvalue weighted by Crippen LogP contribution is 2.32. The van der Waals surface area contributed by atoms with Crippen molar-refractivity contribution < 1.29 is 0 Å². The van der Waals surface area contributed by atoms with Crippen LogP contribution in [0.4, 0.5) is 5.82 Å². The summed E-state index contributed by atoms with van der Waals surface area (Å²) in [6, 6.07) is 0.652. The fraction of sp³-hybridized carbons (Fsp3) is 0.600. The molecule has 14 heavy (non-hydrogen) atoms. The van der Waals surface area contributed by atoms with E-state index in [9.17, 15) is 0 Å². The first kappa shape index (κ1) is 9.71. The van der Waals surface area contributed by atoms with Crippen molar-refractivity contribution in [2.75, 3.05) is 11.9 Å². The minimum atomic E-state index is 0.569. The van der Waals surface area contributed by atoms with E-state index in [1.54, 1.807) is 0 Å². The molecular weight excluding hydrogens is 198 g/mol. The molecule has 2 rings (SSSR count). The Morgan fingerprint density at radius 3 is 2.50 bits per heavy atom. The monoisotopic (exact) mass is 211 g/mol. The molecule has 0 spiro atoms. The van der Waals surface area contributed by atoms with E-state index in [1.165, 1.54) is 12.8 Å². The van der Waals surface area contributed by atoms with Gasteiger partial charge in [0, 0.05) is 18.7 Å². The van der Waals surface area contributed by atoms with E-state index in [2.05, 4.69) is 21.9 Å². The SMILES string of the molecule is Cc1nc(Cl)c(C)c(N(C)C2CC2)n1. The summed E-state index contributed by atoms with van der Waals surface area (Å²) in [6.45, 7) is 3.84. The third kappa shape index (κ3) is 1.69.